The summed E-state index contributed by atoms with van der Waals surface area (Å²) in [5, 5.41) is 3.38. The standard InChI is InChI=1S/C31H39Cl2F4N5O3/c1-5-22-18-41(23(17-40(4)29(45)31(35,36)37)14-20-8-11-24(32)25(33)15-20)12-13-42(22)27(43)26(39-28(44)30(2,3)38)16-19-6-9-21(34)10-7-19/h6-11,15,22-23,26H,5,12-14,16-18,38H2,1-4H3,(H,39,44). The maximum absolute atomic E-state index is 14.0. The van der Waals surface area contributed by atoms with E-state index in [0.29, 0.717) is 40.0 Å². The summed E-state index contributed by atoms with van der Waals surface area (Å²) in [6, 6.07) is 8.70. The van der Waals surface area contributed by atoms with Gasteiger partial charge in [-0.15, -0.1) is 0 Å². The van der Waals surface area contributed by atoms with E-state index >= 15 is 0 Å². The molecule has 3 amide bonds. The molecule has 0 aliphatic carbocycles. The maximum atomic E-state index is 14.0. The first-order valence-corrected chi connectivity index (χ1v) is 15.3. The summed E-state index contributed by atoms with van der Waals surface area (Å²) in [5.74, 6) is -3.28. The third-order valence-corrected chi connectivity index (χ3v) is 8.59. The van der Waals surface area contributed by atoms with Gasteiger partial charge in [0.2, 0.25) is 11.8 Å². The number of hydrogen-bond acceptors (Lipinski definition) is 5. The average molecular weight is 677 g/mol. The molecule has 1 fully saturated rings. The Morgan fingerprint density at radius 1 is 1.02 bits per heavy atom. The number of likely N-dealkylation sites (N-methyl/N-ethyl adjacent to an activating group) is 1. The number of carbonyl (C=O) groups excluding carboxylic acids is 3. The maximum Gasteiger partial charge on any atom is 0.471 e. The van der Waals surface area contributed by atoms with Crippen LogP contribution in [0, 0.1) is 5.82 Å². The van der Waals surface area contributed by atoms with Gasteiger partial charge in [-0.25, -0.2) is 4.39 Å². The molecule has 248 valence electrons. The van der Waals surface area contributed by atoms with E-state index in [0.717, 1.165) is 12.6 Å². The van der Waals surface area contributed by atoms with Crippen LogP contribution in [0.2, 0.25) is 10.0 Å². The summed E-state index contributed by atoms with van der Waals surface area (Å²) < 4.78 is 53.3. The van der Waals surface area contributed by atoms with Crippen molar-refractivity contribution in [2.24, 2.45) is 5.73 Å². The summed E-state index contributed by atoms with van der Waals surface area (Å²) in [6.45, 7) is 5.52. The van der Waals surface area contributed by atoms with Crippen LogP contribution < -0.4 is 11.1 Å². The van der Waals surface area contributed by atoms with Gasteiger partial charge in [0.05, 0.1) is 15.6 Å². The molecular weight excluding hydrogens is 637 g/mol. The molecule has 3 rings (SSSR count). The van der Waals surface area contributed by atoms with E-state index in [4.69, 9.17) is 28.9 Å². The zero-order valence-electron chi connectivity index (χ0n) is 25.6. The molecule has 14 heteroatoms. The number of hydrogen-bond donors (Lipinski definition) is 2. The summed E-state index contributed by atoms with van der Waals surface area (Å²) in [6.07, 6.45) is -4.14. The molecule has 0 saturated carbocycles. The highest BCUT2D eigenvalue weighted by Gasteiger charge is 2.43. The number of amides is 3. The van der Waals surface area contributed by atoms with E-state index in [9.17, 15) is 31.9 Å². The van der Waals surface area contributed by atoms with Gasteiger partial charge >= 0.3 is 12.1 Å². The Balaban J connectivity index is 1.86. The van der Waals surface area contributed by atoms with Gasteiger partial charge in [-0.2, -0.15) is 13.2 Å². The molecule has 0 aromatic heterocycles. The molecule has 8 nitrogen and oxygen atoms in total. The minimum atomic E-state index is -5.03. The van der Waals surface area contributed by atoms with E-state index in [1.165, 1.54) is 38.1 Å². The molecule has 1 aliphatic heterocycles. The first kappa shape index (κ1) is 36.5. The number of benzene rings is 2. The monoisotopic (exact) mass is 675 g/mol. The highest BCUT2D eigenvalue weighted by molar-refractivity contribution is 6.42. The van der Waals surface area contributed by atoms with Crippen molar-refractivity contribution < 1.29 is 31.9 Å². The van der Waals surface area contributed by atoms with Gasteiger partial charge in [-0.05, 0) is 62.1 Å². The first-order chi connectivity index (χ1) is 20.9. The summed E-state index contributed by atoms with van der Waals surface area (Å²) in [4.78, 5) is 43.1. The van der Waals surface area contributed by atoms with Crippen molar-refractivity contribution in [3.05, 3.63) is 69.5 Å². The number of halogens is 6. The molecule has 1 heterocycles. The number of rotatable bonds is 11. The number of piperazine rings is 1. The van der Waals surface area contributed by atoms with Crippen molar-refractivity contribution >= 4 is 40.9 Å². The van der Waals surface area contributed by atoms with Crippen LogP contribution in [-0.4, -0.2) is 95.5 Å². The highest BCUT2D eigenvalue weighted by Crippen LogP contribution is 2.26. The first-order valence-electron chi connectivity index (χ1n) is 14.6. The lowest BCUT2D eigenvalue weighted by Gasteiger charge is -2.46. The lowest BCUT2D eigenvalue weighted by atomic mass is 9.98. The molecule has 2 aromatic rings. The third-order valence-electron chi connectivity index (χ3n) is 7.86. The second-order valence-electron chi connectivity index (χ2n) is 12.0. The van der Waals surface area contributed by atoms with E-state index < -0.39 is 41.4 Å². The van der Waals surface area contributed by atoms with E-state index in [1.54, 1.807) is 23.1 Å². The van der Waals surface area contributed by atoms with Crippen LogP contribution >= 0.6 is 23.2 Å². The molecule has 45 heavy (non-hydrogen) atoms. The Kier molecular flexibility index (Phi) is 12.3. The minimum Gasteiger partial charge on any atom is -0.342 e. The quantitative estimate of drug-likeness (QED) is 0.343. The molecule has 0 bridgehead atoms. The number of nitrogens with one attached hydrogen (secondary N) is 1. The normalized spacial score (nSPS) is 17.5. The van der Waals surface area contributed by atoms with Gasteiger partial charge in [0.1, 0.15) is 11.9 Å². The van der Waals surface area contributed by atoms with Crippen molar-refractivity contribution in [3.63, 3.8) is 0 Å². The van der Waals surface area contributed by atoms with Crippen LogP contribution in [-0.2, 0) is 27.2 Å². The van der Waals surface area contributed by atoms with Gasteiger partial charge in [0, 0.05) is 51.7 Å². The second kappa shape index (κ2) is 15.1. The van der Waals surface area contributed by atoms with E-state index in [1.807, 2.05) is 11.8 Å². The van der Waals surface area contributed by atoms with Gasteiger partial charge in [-0.3, -0.25) is 19.3 Å². The fourth-order valence-corrected chi connectivity index (χ4v) is 5.64. The van der Waals surface area contributed by atoms with Crippen molar-refractivity contribution in [1.82, 2.24) is 20.0 Å². The smallest absolute Gasteiger partial charge is 0.342 e. The van der Waals surface area contributed by atoms with Crippen molar-refractivity contribution in [1.29, 1.82) is 0 Å². The van der Waals surface area contributed by atoms with Crippen LogP contribution in [0.4, 0.5) is 17.6 Å². The van der Waals surface area contributed by atoms with Gasteiger partial charge in [0.15, 0.2) is 0 Å². The second-order valence-corrected chi connectivity index (χ2v) is 12.8. The number of carbonyl (C=O) groups is 3. The fourth-order valence-electron chi connectivity index (χ4n) is 5.31. The lowest BCUT2D eigenvalue weighted by molar-refractivity contribution is -0.184. The average Bonchev–Trinajstić information content (AvgIpc) is 2.97. The Bertz CT molecular complexity index is 1350. The van der Waals surface area contributed by atoms with Crippen molar-refractivity contribution in [2.75, 3.05) is 33.2 Å². The molecule has 0 spiro atoms. The Labute approximate surface area is 270 Å². The van der Waals surface area contributed by atoms with Crippen LogP contribution in [0.25, 0.3) is 0 Å². The minimum absolute atomic E-state index is 0.0991. The molecule has 1 saturated heterocycles. The Morgan fingerprint density at radius 3 is 2.20 bits per heavy atom. The summed E-state index contributed by atoms with van der Waals surface area (Å²) in [5.41, 5.74) is 6.08. The zero-order chi connectivity index (χ0) is 33.7. The number of nitrogens with zero attached hydrogens (tertiary/aromatic N) is 3. The molecule has 1 aliphatic rings. The molecule has 3 unspecified atom stereocenters. The fraction of sp³-hybridized carbons (Fsp3) is 0.516. The molecule has 3 N–H and O–H groups in total. The largest absolute Gasteiger partial charge is 0.471 e. The molecule has 0 radical (unpaired) electrons. The lowest BCUT2D eigenvalue weighted by Crippen LogP contribution is -2.63. The Hall–Kier alpha value is -2.93. The van der Waals surface area contributed by atoms with Gasteiger partial charge in [0.25, 0.3) is 0 Å². The predicted molar refractivity (Wildman–Crippen MR) is 165 cm³/mol. The van der Waals surface area contributed by atoms with Crippen LogP contribution in [0.1, 0.15) is 38.3 Å². The van der Waals surface area contributed by atoms with E-state index in [-0.39, 0.29) is 37.9 Å². The molecule has 2 aromatic carbocycles. The van der Waals surface area contributed by atoms with Crippen LogP contribution in [0.5, 0.6) is 0 Å². The topological polar surface area (TPSA) is 99.0 Å². The number of nitrogens with two attached hydrogens (primary N) is 1. The summed E-state index contributed by atoms with van der Waals surface area (Å²) >= 11 is 12.3. The van der Waals surface area contributed by atoms with Gasteiger partial charge < -0.3 is 20.9 Å². The van der Waals surface area contributed by atoms with Crippen LogP contribution in [0.15, 0.2) is 42.5 Å². The highest BCUT2D eigenvalue weighted by atomic mass is 35.5. The SMILES string of the molecule is CCC1CN(C(Cc2ccc(Cl)c(Cl)c2)CN(C)C(=O)C(F)(F)F)CCN1C(=O)C(Cc1ccc(F)cc1)NC(=O)C(C)(C)N. The number of alkyl halides is 3. The Morgan fingerprint density at radius 2 is 1.64 bits per heavy atom. The predicted octanol–water partition coefficient (Wildman–Crippen LogP) is 4.45. The third kappa shape index (κ3) is 10.0. The van der Waals surface area contributed by atoms with E-state index in [2.05, 4.69) is 5.32 Å². The van der Waals surface area contributed by atoms with Crippen molar-refractivity contribution in [2.45, 2.75) is 69.9 Å². The zero-order valence-corrected chi connectivity index (χ0v) is 27.1. The molecular formula is C31H39Cl2F4N5O3. The molecule has 3 atom stereocenters. The summed E-state index contributed by atoms with van der Waals surface area (Å²) in [7, 11) is 1.11. The van der Waals surface area contributed by atoms with Gasteiger partial charge in [-0.1, -0.05) is 48.3 Å². The van der Waals surface area contributed by atoms with Crippen molar-refractivity contribution in [3.8, 4) is 0 Å². The van der Waals surface area contributed by atoms with Crippen LogP contribution in [0.3, 0.4) is 0 Å².